The molecule has 2 aromatic rings. The van der Waals surface area contributed by atoms with Crippen molar-refractivity contribution in [2.24, 2.45) is 5.10 Å². The summed E-state index contributed by atoms with van der Waals surface area (Å²) in [6.07, 6.45) is 0. The average molecular weight is 342 g/mol. The highest BCUT2D eigenvalue weighted by Crippen LogP contribution is 2.17. The molecule has 0 aliphatic carbocycles. The summed E-state index contributed by atoms with van der Waals surface area (Å²) in [5.41, 5.74) is 4.37. The molecular formula is C19H23FN4O. The molecule has 1 N–H and O–H groups in total. The number of amidine groups is 1. The second-order valence-electron chi connectivity index (χ2n) is 6.05. The lowest BCUT2D eigenvalue weighted by Crippen LogP contribution is -2.47. The van der Waals surface area contributed by atoms with Gasteiger partial charge in [-0.15, -0.1) is 0 Å². The van der Waals surface area contributed by atoms with Crippen LogP contribution in [0.4, 0.5) is 10.1 Å². The molecule has 0 unspecified atom stereocenters. The van der Waals surface area contributed by atoms with E-state index < -0.39 is 0 Å². The Hall–Kier alpha value is -2.60. The highest BCUT2D eigenvalue weighted by Gasteiger charge is 2.21. The standard InChI is InChI=1S/C19H23FN4O/c1-23-11-13-24(14-12-23)19(17-5-3-4-6-18(17)20)22-21-15-7-9-16(25-2)10-8-15/h3-10,21H,11-14H2,1-2H3. The van der Waals surface area contributed by atoms with Gasteiger partial charge in [0.2, 0.25) is 0 Å². The van der Waals surface area contributed by atoms with E-state index in [2.05, 4.69) is 27.4 Å². The van der Waals surface area contributed by atoms with Crippen molar-refractivity contribution < 1.29 is 9.13 Å². The van der Waals surface area contributed by atoms with Crippen LogP contribution in [-0.2, 0) is 0 Å². The van der Waals surface area contributed by atoms with Gasteiger partial charge in [-0.3, -0.25) is 5.43 Å². The zero-order valence-corrected chi connectivity index (χ0v) is 14.6. The molecule has 0 spiro atoms. The first kappa shape index (κ1) is 17.2. The molecule has 1 aliphatic rings. The van der Waals surface area contributed by atoms with Gasteiger partial charge >= 0.3 is 0 Å². The van der Waals surface area contributed by atoms with Gasteiger partial charge < -0.3 is 14.5 Å². The lowest BCUT2D eigenvalue weighted by molar-refractivity contribution is 0.215. The molecule has 5 nitrogen and oxygen atoms in total. The number of piperazine rings is 1. The van der Waals surface area contributed by atoms with Crippen molar-refractivity contribution >= 4 is 11.5 Å². The molecule has 0 aromatic heterocycles. The van der Waals surface area contributed by atoms with Crippen LogP contribution in [0.5, 0.6) is 5.75 Å². The maximum atomic E-state index is 14.3. The van der Waals surface area contributed by atoms with Crippen molar-refractivity contribution in [3.63, 3.8) is 0 Å². The first-order valence-corrected chi connectivity index (χ1v) is 8.33. The summed E-state index contributed by atoms with van der Waals surface area (Å²) in [7, 11) is 3.72. The molecule has 6 heteroatoms. The number of rotatable bonds is 4. The van der Waals surface area contributed by atoms with Gasteiger partial charge in [-0.05, 0) is 43.4 Å². The number of halogens is 1. The fraction of sp³-hybridized carbons (Fsp3) is 0.316. The van der Waals surface area contributed by atoms with Gasteiger partial charge in [0.15, 0.2) is 5.84 Å². The number of hydrogen-bond acceptors (Lipinski definition) is 4. The van der Waals surface area contributed by atoms with Crippen molar-refractivity contribution in [2.75, 3.05) is 45.8 Å². The number of nitrogens with zero attached hydrogens (tertiary/aromatic N) is 3. The van der Waals surface area contributed by atoms with Crippen molar-refractivity contribution in [3.8, 4) is 5.75 Å². The molecule has 0 saturated carbocycles. The molecule has 2 aromatic carbocycles. The summed E-state index contributed by atoms with van der Waals surface area (Å²) in [4.78, 5) is 4.38. The third-order valence-electron chi connectivity index (χ3n) is 4.30. The van der Waals surface area contributed by atoms with Crippen LogP contribution in [-0.4, -0.2) is 56.0 Å². The van der Waals surface area contributed by atoms with Gasteiger partial charge in [0.05, 0.1) is 18.4 Å². The van der Waals surface area contributed by atoms with Gasteiger partial charge in [-0.1, -0.05) is 12.1 Å². The van der Waals surface area contributed by atoms with Gasteiger partial charge in [-0.2, -0.15) is 5.10 Å². The number of nitrogens with one attached hydrogen (secondary N) is 1. The van der Waals surface area contributed by atoms with Gasteiger partial charge in [0.1, 0.15) is 11.6 Å². The third-order valence-corrected chi connectivity index (χ3v) is 4.30. The minimum atomic E-state index is -0.267. The van der Waals surface area contributed by atoms with Crippen molar-refractivity contribution in [1.29, 1.82) is 0 Å². The number of methoxy groups -OCH3 is 1. The van der Waals surface area contributed by atoms with Crippen LogP contribution in [0.25, 0.3) is 0 Å². The van der Waals surface area contributed by atoms with E-state index in [0.717, 1.165) is 37.6 Å². The van der Waals surface area contributed by atoms with Crippen LogP contribution in [0.2, 0.25) is 0 Å². The number of benzene rings is 2. The summed E-state index contributed by atoms with van der Waals surface area (Å²) in [6.45, 7) is 3.48. The molecule has 25 heavy (non-hydrogen) atoms. The summed E-state index contributed by atoms with van der Waals surface area (Å²) < 4.78 is 19.5. The van der Waals surface area contributed by atoms with E-state index in [0.29, 0.717) is 11.4 Å². The van der Waals surface area contributed by atoms with Crippen LogP contribution in [0.3, 0.4) is 0 Å². The molecular weight excluding hydrogens is 319 g/mol. The van der Waals surface area contributed by atoms with Crippen molar-refractivity contribution in [1.82, 2.24) is 9.80 Å². The molecule has 1 saturated heterocycles. The Morgan fingerprint density at radius 1 is 1.04 bits per heavy atom. The average Bonchev–Trinajstić information content (AvgIpc) is 2.65. The maximum absolute atomic E-state index is 14.3. The molecule has 0 atom stereocenters. The molecule has 132 valence electrons. The zero-order chi connectivity index (χ0) is 17.6. The quantitative estimate of drug-likeness (QED) is 0.527. The van der Waals surface area contributed by atoms with E-state index in [1.54, 1.807) is 19.2 Å². The van der Waals surface area contributed by atoms with E-state index in [-0.39, 0.29) is 5.82 Å². The number of hydrogen-bond donors (Lipinski definition) is 1. The minimum Gasteiger partial charge on any atom is -0.497 e. The molecule has 1 fully saturated rings. The zero-order valence-electron chi connectivity index (χ0n) is 14.6. The predicted molar refractivity (Wildman–Crippen MR) is 98.6 cm³/mol. The Morgan fingerprint density at radius 2 is 1.72 bits per heavy atom. The predicted octanol–water partition coefficient (Wildman–Crippen LogP) is 2.86. The number of hydrazone groups is 1. The lowest BCUT2D eigenvalue weighted by atomic mass is 10.1. The Labute approximate surface area is 147 Å². The largest absolute Gasteiger partial charge is 0.497 e. The van der Waals surface area contributed by atoms with Crippen LogP contribution in [0.1, 0.15) is 5.56 Å². The summed E-state index contributed by atoms with van der Waals surface area (Å²) in [5.74, 6) is 1.14. The van der Waals surface area contributed by atoms with Crippen LogP contribution in [0, 0.1) is 5.82 Å². The van der Waals surface area contributed by atoms with Crippen molar-refractivity contribution in [3.05, 3.63) is 59.9 Å². The number of anilines is 1. The van der Waals surface area contributed by atoms with Crippen LogP contribution < -0.4 is 10.2 Å². The molecule has 1 aliphatic heterocycles. The van der Waals surface area contributed by atoms with Crippen molar-refractivity contribution in [2.45, 2.75) is 0 Å². The van der Waals surface area contributed by atoms with E-state index in [1.807, 2.05) is 30.3 Å². The Bertz CT molecular complexity index is 724. The highest BCUT2D eigenvalue weighted by molar-refractivity contribution is 5.99. The SMILES string of the molecule is COc1ccc(NN=C(c2ccccc2F)N2CCN(C)CC2)cc1. The normalized spacial score (nSPS) is 16.0. The molecule has 1 heterocycles. The first-order valence-electron chi connectivity index (χ1n) is 8.33. The van der Waals surface area contributed by atoms with Gasteiger partial charge in [0.25, 0.3) is 0 Å². The van der Waals surface area contributed by atoms with E-state index >= 15 is 0 Å². The number of likely N-dealkylation sites (N-methyl/N-ethyl adjacent to an activating group) is 1. The van der Waals surface area contributed by atoms with Crippen LogP contribution in [0.15, 0.2) is 53.6 Å². The van der Waals surface area contributed by atoms with E-state index in [9.17, 15) is 4.39 Å². The molecule has 3 rings (SSSR count). The fourth-order valence-corrected chi connectivity index (χ4v) is 2.75. The Kier molecular flexibility index (Phi) is 5.50. The first-order chi connectivity index (χ1) is 12.2. The fourth-order valence-electron chi connectivity index (χ4n) is 2.75. The molecule has 0 bridgehead atoms. The molecule has 0 radical (unpaired) electrons. The maximum Gasteiger partial charge on any atom is 0.159 e. The Balaban J connectivity index is 1.86. The Morgan fingerprint density at radius 3 is 2.36 bits per heavy atom. The monoisotopic (exact) mass is 342 g/mol. The van der Waals surface area contributed by atoms with Gasteiger partial charge in [-0.25, -0.2) is 4.39 Å². The smallest absolute Gasteiger partial charge is 0.159 e. The van der Waals surface area contributed by atoms with E-state index in [4.69, 9.17) is 4.74 Å². The molecule has 0 amide bonds. The van der Waals surface area contributed by atoms with Gasteiger partial charge in [0, 0.05) is 26.2 Å². The summed E-state index contributed by atoms with van der Waals surface area (Å²) in [5, 5.41) is 4.52. The second kappa shape index (κ2) is 7.98. The summed E-state index contributed by atoms with van der Waals surface area (Å²) >= 11 is 0. The summed E-state index contributed by atoms with van der Waals surface area (Å²) in [6, 6.07) is 14.2. The highest BCUT2D eigenvalue weighted by atomic mass is 19.1. The third kappa shape index (κ3) is 4.28. The topological polar surface area (TPSA) is 40.1 Å². The number of ether oxygens (including phenoxy) is 1. The minimum absolute atomic E-state index is 0.267. The van der Waals surface area contributed by atoms with Crippen LogP contribution >= 0.6 is 0 Å². The second-order valence-corrected chi connectivity index (χ2v) is 6.05. The lowest BCUT2D eigenvalue weighted by Gasteiger charge is -2.34. The van der Waals surface area contributed by atoms with E-state index in [1.165, 1.54) is 6.07 Å².